The minimum atomic E-state index is -0.366. The third-order valence-electron chi connectivity index (χ3n) is 4.98. The zero-order valence-corrected chi connectivity index (χ0v) is 16.2. The average Bonchev–Trinajstić information content (AvgIpc) is 3.38. The Kier molecular flexibility index (Phi) is 4.92. The lowest BCUT2D eigenvalue weighted by Gasteiger charge is -2.13. The van der Waals surface area contributed by atoms with Crippen LogP contribution in [0.3, 0.4) is 0 Å². The second kappa shape index (κ2) is 7.52. The molecule has 7 heteroatoms. The Balaban J connectivity index is 1.66. The van der Waals surface area contributed by atoms with Gasteiger partial charge in [-0.25, -0.2) is 4.98 Å². The highest BCUT2D eigenvalue weighted by Crippen LogP contribution is 2.33. The van der Waals surface area contributed by atoms with Crippen molar-refractivity contribution in [3.63, 3.8) is 0 Å². The van der Waals surface area contributed by atoms with Crippen molar-refractivity contribution < 1.29 is 19.0 Å². The van der Waals surface area contributed by atoms with E-state index in [2.05, 4.69) is 15.3 Å². The van der Waals surface area contributed by atoms with Crippen LogP contribution in [0.15, 0.2) is 30.3 Å². The van der Waals surface area contributed by atoms with Gasteiger partial charge in [-0.2, -0.15) is 0 Å². The normalized spacial score (nSPS) is 16.3. The molecule has 1 aliphatic heterocycles. The molecule has 2 N–H and O–H groups in total. The smallest absolute Gasteiger partial charge is 0.253 e. The van der Waals surface area contributed by atoms with Gasteiger partial charge in [-0.1, -0.05) is 12.1 Å². The van der Waals surface area contributed by atoms with Crippen molar-refractivity contribution in [3.05, 3.63) is 35.9 Å². The van der Waals surface area contributed by atoms with Crippen molar-refractivity contribution in [1.29, 1.82) is 0 Å². The number of ether oxygens (including phenoxy) is 3. The van der Waals surface area contributed by atoms with Gasteiger partial charge in [-0.15, -0.1) is 0 Å². The molecule has 1 aromatic heterocycles. The first-order valence-corrected chi connectivity index (χ1v) is 9.24. The van der Waals surface area contributed by atoms with E-state index in [0.717, 1.165) is 40.7 Å². The molecule has 4 rings (SSSR count). The number of hydrogen-bond acceptors (Lipinski definition) is 5. The number of carbonyl (C=O) groups excluding carboxylic acids is 1. The molecule has 0 saturated carbocycles. The third-order valence-corrected chi connectivity index (χ3v) is 4.98. The zero-order valence-electron chi connectivity index (χ0n) is 16.2. The number of fused-ring (bicyclic) bond motifs is 1. The molecule has 1 unspecified atom stereocenters. The van der Waals surface area contributed by atoms with Crippen molar-refractivity contribution in [2.24, 2.45) is 0 Å². The zero-order chi connectivity index (χ0) is 19.7. The molecule has 28 heavy (non-hydrogen) atoms. The first-order valence-electron chi connectivity index (χ1n) is 9.24. The number of imidazole rings is 1. The van der Waals surface area contributed by atoms with Gasteiger partial charge in [0, 0.05) is 30.0 Å². The maximum atomic E-state index is 12.4. The van der Waals surface area contributed by atoms with Crippen LogP contribution in [0.5, 0.6) is 11.5 Å². The Morgan fingerprint density at radius 3 is 2.71 bits per heavy atom. The maximum Gasteiger partial charge on any atom is 0.253 e. The lowest BCUT2D eigenvalue weighted by atomic mass is 10.1. The highest BCUT2D eigenvalue weighted by Gasteiger charge is 2.24. The summed E-state index contributed by atoms with van der Waals surface area (Å²) in [6.45, 7) is 2.60. The Bertz CT molecular complexity index is 981. The van der Waals surface area contributed by atoms with Gasteiger partial charge in [0.2, 0.25) is 0 Å². The Morgan fingerprint density at radius 2 is 2.00 bits per heavy atom. The van der Waals surface area contributed by atoms with Gasteiger partial charge in [0.05, 0.1) is 25.3 Å². The summed E-state index contributed by atoms with van der Waals surface area (Å²) >= 11 is 0. The number of aryl methyl sites for hydroxylation is 1. The molecular formula is C21H23N3O4. The van der Waals surface area contributed by atoms with E-state index in [-0.39, 0.29) is 12.0 Å². The number of amides is 1. The summed E-state index contributed by atoms with van der Waals surface area (Å²) in [5, 5.41) is 2.99. The predicted octanol–water partition coefficient (Wildman–Crippen LogP) is 3.67. The van der Waals surface area contributed by atoms with Crippen LogP contribution in [0.4, 0.5) is 5.69 Å². The van der Waals surface area contributed by atoms with E-state index in [0.29, 0.717) is 23.9 Å². The lowest BCUT2D eigenvalue weighted by molar-refractivity contribution is -0.124. The van der Waals surface area contributed by atoms with Crippen molar-refractivity contribution in [3.8, 4) is 22.9 Å². The first-order chi connectivity index (χ1) is 13.6. The average molecular weight is 381 g/mol. The van der Waals surface area contributed by atoms with E-state index in [9.17, 15) is 4.79 Å². The number of anilines is 1. The van der Waals surface area contributed by atoms with Gasteiger partial charge in [0.15, 0.2) is 11.5 Å². The summed E-state index contributed by atoms with van der Waals surface area (Å²) < 4.78 is 16.2. The van der Waals surface area contributed by atoms with Crippen LogP contribution < -0.4 is 14.8 Å². The topological polar surface area (TPSA) is 85.5 Å². The summed E-state index contributed by atoms with van der Waals surface area (Å²) in [6.07, 6.45) is 1.31. The quantitative estimate of drug-likeness (QED) is 0.704. The number of hydrogen-bond donors (Lipinski definition) is 2. The molecule has 3 aromatic rings. The first kappa shape index (κ1) is 18.3. The van der Waals surface area contributed by atoms with E-state index < -0.39 is 0 Å². The lowest BCUT2D eigenvalue weighted by Crippen LogP contribution is -2.27. The SMILES string of the molecule is COc1cc2nc(-c3ccc(C)c(NC(=O)C4CCCO4)c3)[nH]c2cc1OC. The van der Waals surface area contributed by atoms with Crippen molar-refractivity contribution in [2.45, 2.75) is 25.9 Å². The fourth-order valence-electron chi connectivity index (χ4n) is 3.38. The second-order valence-electron chi connectivity index (χ2n) is 6.83. The number of benzene rings is 2. The van der Waals surface area contributed by atoms with Crippen molar-refractivity contribution in [1.82, 2.24) is 9.97 Å². The highest BCUT2D eigenvalue weighted by atomic mass is 16.5. The van der Waals surface area contributed by atoms with Gasteiger partial charge in [0.1, 0.15) is 11.9 Å². The van der Waals surface area contributed by atoms with E-state index in [1.165, 1.54) is 0 Å². The molecule has 1 saturated heterocycles. The van der Waals surface area contributed by atoms with Crippen LogP contribution in [0.25, 0.3) is 22.4 Å². The number of aromatic amines is 1. The van der Waals surface area contributed by atoms with Gasteiger partial charge in [0.25, 0.3) is 5.91 Å². The van der Waals surface area contributed by atoms with Crippen LogP contribution in [-0.4, -0.2) is 42.8 Å². The minimum Gasteiger partial charge on any atom is -0.493 e. The number of aromatic nitrogens is 2. The largest absolute Gasteiger partial charge is 0.493 e. The number of rotatable bonds is 5. The number of H-pyrrole nitrogens is 1. The van der Waals surface area contributed by atoms with E-state index in [1.54, 1.807) is 14.2 Å². The number of carbonyl (C=O) groups is 1. The van der Waals surface area contributed by atoms with Crippen LogP contribution in [0.1, 0.15) is 18.4 Å². The van der Waals surface area contributed by atoms with Crippen LogP contribution in [-0.2, 0) is 9.53 Å². The predicted molar refractivity (Wildman–Crippen MR) is 107 cm³/mol. The molecule has 1 amide bonds. The standard InChI is InChI=1S/C21H23N3O4/c1-12-6-7-13(9-14(12)24-21(25)17-5-4-8-28-17)20-22-15-10-18(26-2)19(27-3)11-16(15)23-20/h6-7,9-11,17H,4-5,8H2,1-3H3,(H,22,23)(H,24,25). The highest BCUT2D eigenvalue weighted by molar-refractivity contribution is 5.95. The summed E-state index contributed by atoms with van der Waals surface area (Å²) in [5.74, 6) is 1.87. The molecule has 146 valence electrons. The van der Waals surface area contributed by atoms with Crippen molar-refractivity contribution in [2.75, 3.05) is 26.1 Å². The summed E-state index contributed by atoms with van der Waals surface area (Å²) in [5.41, 5.74) is 4.24. The number of nitrogens with zero attached hydrogens (tertiary/aromatic N) is 1. The molecule has 0 spiro atoms. The summed E-state index contributed by atoms with van der Waals surface area (Å²) in [6, 6.07) is 9.56. The van der Waals surface area contributed by atoms with Crippen LogP contribution in [0, 0.1) is 6.92 Å². The van der Waals surface area contributed by atoms with Gasteiger partial charge >= 0.3 is 0 Å². The van der Waals surface area contributed by atoms with Gasteiger partial charge in [-0.3, -0.25) is 4.79 Å². The maximum absolute atomic E-state index is 12.4. The monoisotopic (exact) mass is 381 g/mol. The fourth-order valence-corrected chi connectivity index (χ4v) is 3.38. The van der Waals surface area contributed by atoms with Gasteiger partial charge < -0.3 is 24.5 Å². The Morgan fingerprint density at radius 1 is 1.21 bits per heavy atom. The van der Waals surface area contributed by atoms with Crippen LogP contribution >= 0.6 is 0 Å². The molecule has 1 aliphatic rings. The Labute approximate surface area is 163 Å². The Hall–Kier alpha value is -3.06. The molecule has 2 heterocycles. The van der Waals surface area contributed by atoms with E-state index in [4.69, 9.17) is 14.2 Å². The molecule has 7 nitrogen and oxygen atoms in total. The molecule has 1 fully saturated rings. The molecule has 1 atom stereocenters. The summed E-state index contributed by atoms with van der Waals surface area (Å²) in [7, 11) is 3.20. The summed E-state index contributed by atoms with van der Waals surface area (Å²) in [4.78, 5) is 20.4. The molecule has 2 aromatic carbocycles. The second-order valence-corrected chi connectivity index (χ2v) is 6.83. The van der Waals surface area contributed by atoms with E-state index >= 15 is 0 Å². The molecule has 0 bridgehead atoms. The number of methoxy groups -OCH3 is 2. The van der Waals surface area contributed by atoms with Crippen molar-refractivity contribution >= 4 is 22.6 Å². The van der Waals surface area contributed by atoms with Crippen LogP contribution in [0.2, 0.25) is 0 Å². The fraction of sp³-hybridized carbons (Fsp3) is 0.333. The molecule has 0 radical (unpaired) electrons. The molecule has 0 aliphatic carbocycles. The third kappa shape index (κ3) is 3.41. The minimum absolute atomic E-state index is 0.100. The van der Waals surface area contributed by atoms with Gasteiger partial charge in [-0.05, 0) is 31.4 Å². The molecular weight excluding hydrogens is 358 g/mol. The van der Waals surface area contributed by atoms with E-state index in [1.807, 2.05) is 37.3 Å². The number of nitrogens with one attached hydrogen (secondary N) is 2.